The van der Waals surface area contributed by atoms with E-state index in [1.807, 2.05) is 6.92 Å². The van der Waals surface area contributed by atoms with Gasteiger partial charge >= 0.3 is 5.97 Å². The van der Waals surface area contributed by atoms with Gasteiger partial charge in [-0.15, -0.1) is 0 Å². The molecule has 0 saturated carbocycles. The Morgan fingerprint density at radius 3 is 2.58 bits per heavy atom. The van der Waals surface area contributed by atoms with Crippen molar-refractivity contribution >= 4 is 31.9 Å². The number of benzene rings is 1. The van der Waals surface area contributed by atoms with Crippen molar-refractivity contribution in [2.75, 3.05) is 19.8 Å². The van der Waals surface area contributed by atoms with E-state index >= 15 is 0 Å². The molecule has 19 heavy (non-hydrogen) atoms. The summed E-state index contributed by atoms with van der Waals surface area (Å²) in [5.41, 5.74) is 0.106. The van der Waals surface area contributed by atoms with Crippen LogP contribution in [0.2, 0.25) is 0 Å². The molecule has 0 saturated heterocycles. The van der Waals surface area contributed by atoms with E-state index in [2.05, 4.69) is 15.9 Å². The molecular formula is C11H14BrNO5S. The molecule has 0 fully saturated rings. The fourth-order valence-electron chi connectivity index (χ4n) is 1.27. The molecule has 0 aromatic heterocycles. The lowest BCUT2D eigenvalue weighted by molar-refractivity contribution is 0.0335. The van der Waals surface area contributed by atoms with E-state index in [1.165, 1.54) is 18.2 Å². The van der Waals surface area contributed by atoms with Gasteiger partial charge in [0.15, 0.2) is 0 Å². The van der Waals surface area contributed by atoms with Crippen LogP contribution in [0.5, 0.6) is 0 Å². The van der Waals surface area contributed by atoms with Crippen molar-refractivity contribution in [3.05, 3.63) is 28.2 Å². The van der Waals surface area contributed by atoms with Gasteiger partial charge in [0.25, 0.3) is 0 Å². The number of hydrogen-bond acceptors (Lipinski definition) is 5. The SMILES string of the molecule is CCOCCOC(=O)c1cc(Br)cc(S(N)(=O)=O)c1. The molecule has 1 rings (SSSR count). The van der Waals surface area contributed by atoms with Gasteiger partial charge in [-0.3, -0.25) is 0 Å². The molecule has 1 aromatic rings. The van der Waals surface area contributed by atoms with Crippen LogP contribution in [0.25, 0.3) is 0 Å². The van der Waals surface area contributed by atoms with Gasteiger partial charge in [-0.25, -0.2) is 18.4 Å². The Morgan fingerprint density at radius 2 is 2.00 bits per heavy atom. The smallest absolute Gasteiger partial charge is 0.338 e. The van der Waals surface area contributed by atoms with Crippen LogP contribution in [0.15, 0.2) is 27.6 Å². The maximum Gasteiger partial charge on any atom is 0.338 e. The summed E-state index contributed by atoms with van der Waals surface area (Å²) in [6, 6.07) is 3.94. The van der Waals surface area contributed by atoms with E-state index in [1.54, 1.807) is 0 Å². The molecule has 6 nitrogen and oxygen atoms in total. The molecule has 0 aliphatic heterocycles. The maximum absolute atomic E-state index is 11.7. The van der Waals surface area contributed by atoms with E-state index in [0.29, 0.717) is 11.1 Å². The van der Waals surface area contributed by atoms with Gasteiger partial charge in [-0.2, -0.15) is 0 Å². The number of carbonyl (C=O) groups excluding carboxylic acids is 1. The number of rotatable bonds is 6. The predicted molar refractivity (Wildman–Crippen MR) is 72.3 cm³/mol. The van der Waals surface area contributed by atoms with E-state index in [-0.39, 0.29) is 23.7 Å². The average molecular weight is 352 g/mol. The third-order valence-electron chi connectivity index (χ3n) is 2.10. The van der Waals surface area contributed by atoms with Gasteiger partial charge < -0.3 is 9.47 Å². The molecule has 1 aromatic carbocycles. The van der Waals surface area contributed by atoms with Crippen molar-refractivity contribution in [2.24, 2.45) is 5.14 Å². The maximum atomic E-state index is 11.7. The number of hydrogen-bond donors (Lipinski definition) is 1. The van der Waals surface area contributed by atoms with Crippen LogP contribution >= 0.6 is 15.9 Å². The number of carbonyl (C=O) groups is 1. The van der Waals surface area contributed by atoms with Gasteiger partial charge in [0.2, 0.25) is 10.0 Å². The number of nitrogens with two attached hydrogens (primary N) is 1. The molecule has 0 amide bonds. The molecule has 0 bridgehead atoms. The molecule has 0 radical (unpaired) electrons. The number of esters is 1. The number of halogens is 1. The van der Waals surface area contributed by atoms with Crippen LogP contribution in [-0.4, -0.2) is 34.2 Å². The van der Waals surface area contributed by atoms with E-state index in [0.717, 1.165) is 0 Å². The Labute approximate surface area is 120 Å². The predicted octanol–water partition coefficient (Wildman–Crippen LogP) is 1.29. The van der Waals surface area contributed by atoms with Gasteiger partial charge in [-0.1, -0.05) is 15.9 Å². The topological polar surface area (TPSA) is 95.7 Å². The summed E-state index contributed by atoms with van der Waals surface area (Å²) in [5.74, 6) is -0.633. The lowest BCUT2D eigenvalue weighted by Crippen LogP contribution is -2.15. The monoisotopic (exact) mass is 351 g/mol. The molecule has 0 aliphatic rings. The normalized spacial score (nSPS) is 11.3. The van der Waals surface area contributed by atoms with Crippen molar-refractivity contribution in [3.8, 4) is 0 Å². The largest absolute Gasteiger partial charge is 0.460 e. The third-order valence-corrected chi connectivity index (χ3v) is 3.45. The average Bonchev–Trinajstić information content (AvgIpc) is 2.32. The summed E-state index contributed by atoms with van der Waals surface area (Å²) in [6.45, 7) is 2.75. The summed E-state index contributed by atoms with van der Waals surface area (Å²) in [7, 11) is -3.87. The second kappa shape index (κ2) is 6.99. The Kier molecular flexibility index (Phi) is 5.92. The van der Waals surface area contributed by atoms with Crippen molar-refractivity contribution in [3.63, 3.8) is 0 Å². The molecule has 106 valence electrons. The molecule has 8 heteroatoms. The summed E-state index contributed by atoms with van der Waals surface area (Å²) >= 11 is 3.11. The fraction of sp³-hybridized carbons (Fsp3) is 0.364. The van der Waals surface area contributed by atoms with Gasteiger partial charge in [0.1, 0.15) is 6.61 Å². The zero-order valence-corrected chi connectivity index (χ0v) is 12.7. The number of primary sulfonamides is 1. The van der Waals surface area contributed by atoms with Crippen molar-refractivity contribution in [1.82, 2.24) is 0 Å². The summed E-state index contributed by atoms with van der Waals surface area (Å²) in [5, 5.41) is 5.01. The molecule has 0 atom stereocenters. The van der Waals surface area contributed by atoms with E-state index in [4.69, 9.17) is 14.6 Å². The van der Waals surface area contributed by atoms with Crippen LogP contribution in [0.4, 0.5) is 0 Å². The minimum absolute atomic E-state index is 0.101. The second-order valence-electron chi connectivity index (χ2n) is 3.55. The first-order valence-corrected chi connectivity index (χ1v) is 7.76. The summed E-state index contributed by atoms with van der Waals surface area (Å²) < 4.78 is 32.9. The van der Waals surface area contributed by atoms with Gasteiger partial charge in [-0.05, 0) is 25.1 Å². The van der Waals surface area contributed by atoms with E-state index in [9.17, 15) is 13.2 Å². The first-order valence-electron chi connectivity index (χ1n) is 5.43. The summed E-state index contributed by atoms with van der Waals surface area (Å²) in [4.78, 5) is 11.6. The Bertz CT molecular complexity index is 558. The van der Waals surface area contributed by atoms with Crippen LogP contribution in [-0.2, 0) is 19.5 Å². The quantitative estimate of drug-likeness (QED) is 0.615. The van der Waals surface area contributed by atoms with E-state index < -0.39 is 16.0 Å². The van der Waals surface area contributed by atoms with Crippen molar-refractivity contribution < 1.29 is 22.7 Å². The fourth-order valence-corrected chi connectivity index (χ4v) is 2.49. The highest BCUT2D eigenvalue weighted by molar-refractivity contribution is 9.10. The molecule has 0 heterocycles. The minimum Gasteiger partial charge on any atom is -0.460 e. The number of sulfonamides is 1. The van der Waals surface area contributed by atoms with Crippen molar-refractivity contribution in [2.45, 2.75) is 11.8 Å². The van der Waals surface area contributed by atoms with Crippen molar-refractivity contribution in [1.29, 1.82) is 0 Å². The van der Waals surface area contributed by atoms with Crippen LogP contribution in [0, 0.1) is 0 Å². The molecular weight excluding hydrogens is 338 g/mol. The van der Waals surface area contributed by atoms with Crippen LogP contribution in [0.3, 0.4) is 0 Å². The number of ether oxygens (including phenoxy) is 2. The Balaban J connectivity index is 2.83. The molecule has 0 spiro atoms. The Morgan fingerprint density at radius 1 is 1.32 bits per heavy atom. The molecule has 2 N–H and O–H groups in total. The van der Waals surface area contributed by atoms with Crippen LogP contribution < -0.4 is 5.14 Å². The molecule has 0 aliphatic carbocycles. The first-order chi connectivity index (χ1) is 8.84. The zero-order valence-electron chi connectivity index (χ0n) is 10.3. The summed E-state index contributed by atoms with van der Waals surface area (Å²) in [6.07, 6.45) is 0. The highest BCUT2D eigenvalue weighted by Gasteiger charge is 2.14. The highest BCUT2D eigenvalue weighted by Crippen LogP contribution is 2.19. The lowest BCUT2D eigenvalue weighted by Gasteiger charge is -2.07. The Hall–Kier alpha value is -0.960. The third kappa shape index (κ3) is 5.27. The first kappa shape index (κ1) is 16.1. The highest BCUT2D eigenvalue weighted by atomic mass is 79.9. The standard InChI is InChI=1S/C11H14BrNO5S/c1-2-17-3-4-18-11(14)8-5-9(12)7-10(6-8)19(13,15)16/h5-7H,2-4H2,1H3,(H2,13,15,16). The minimum atomic E-state index is -3.87. The van der Waals surface area contributed by atoms with Gasteiger partial charge in [0.05, 0.1) is 17.1 Å². The second-order valence-corrected chi connectivity index (χ2v) is 6.03. The lowest BCUT2D eigenvalue weighted by atomic mass is 10.2. The molecule has 0 unspecified atom stereocenters. The zero-order chi connectivity index (χ0) is 14.5. The van der Waals surface area contributed by atoms with Crippen LogP contribution in [0.1, 0.15) is 17.3 Å². The van der Waals surface area contributed by atoms with Gasteiger partial charge in [0, 0.05) is 11.1 Å².